The van der Waals surface area contributed by atoms with Gasteiger partial charge in [0.05, 0.1) is 4.90 Å². The second kappa shape index (κ2) is 7.84. The van der Waals surface area contributed by atoms with Crippen LogP contribution in [0.1, 0.15) is 44.7 Å². The maximum absolute atomic E-state index is 13.6. The quantitative estimate of drug-likeness (QED) is 0.684. The van der Waals surface area contributed by atoms with Crippen molar-refractivity contribution < 1.29 is 13.2 Å². The number of sulfonamides is 1. The Labute approximate surface area is 197 Å². The van der Waals surface area contributed by atoms with Gasteiger partial charge in [-0.2, -0.15) is 4.31 Å². The number of benzene rings is 2. The van der Waals surface area contributed by atoms with Gasteiger partial charge in [-0.1, -0.05) is 26.0 Å². The highest BCUT2D eigenvalue weighted by Gasteiger charge is 2.43. The molecule has 1 amide bonds. The van der Waals surface area contributed by atoms with Gasteiger partial charge in [-0.3, -0.25) is 4.79 Å². The molecule has 2 aliphatic heterocycles. The number of nitrogens with zero attached hydrogens (tertiary/aromatic N) is 3. The van der Waals surface area contributed by atoms with Crippen LogP contribution in [-0.2, 0) is 20.2 Å². The molecule has 1 atom stereocenters. The van der Waals surface area contributed by atoms with Crippen molar-refractivity contribution in [3.63, 3.8) is 0 Å². The highest BCUT2D eigenvalue weighted by atomic mass is 32.2. The Morgan fingerprint density at radius 1 is 1.06 bits per heavy atom. The average molecular weight is 468 g/mol. The fourth-order valence-corrected chi connectivity index (χ4v) is 6.79. The Hall–Kier alpha value is -2.38. The van der Waals surface area contributed by atoms with Crippen LogP contribution < -0.4 is 9.80 Å². The first kappa shape index (κ1) is 22.4. The van der Waals surface area contributed by atoms with Crippen LogP contribution in [0.4, 0.5) is 11.4 Å². The highest BCUT2D eigenvalue weighted by Crippen LogP contribution is 2.44. The number of amides is 1. The summed E-state index contributed by atoms with van der Waals surface area (Å²) in [6.07, 6.45) is 1.93. The maximum Gasteiger partial charge on any atom is 0.243 e. The van der Waals surface area contributed by atoms with Crippen LogP contribution in [0, 0.1) is 12.8 Å². The third-order valence-corrected chi connectivity index (χ3v) is 9.16. The van der Waals surface area contributed by atoms with E-state index in [0.29, 0.717) is 31.1 Å². The van der Waals surface area contributed by atoms with Gasteiger partial charge in [0.25, 0.3) is 0 Å². The van der Waals surface area contributed by atoms with Gasteiger partial charge >= 0.3 is 0 Å². The van der Waals surface area contributed by atoms with E-state index >= 15 is 0 Å². The molecule has 5 rings (SSSR count). The molecule has 6 nitrogen and oxygen atoms in total. The topological polar surface area (TPSA) is 60.9 Å². The third-order valence-electron chi connectivity index (χ3n) is 7.30. The van der Waals surface area contributed by atoms with Crippen molar-refractivity contribution in [2.45, 2.75) is 56.9 Å². The molecule has 2 aromatic rings. The molecule has 7 heteroatoms. The highest BCUT2D eigenvalue weighted by molar-refractivity contribution is 7.89. The zero-order valence-electron chi connectivity index (χ0n) is 19.9. The SMILES string of the molecule is Cc1cccc(N2CCN(S(=O)(=O)c3ccc4c(c3)C(C)(C)CN4C(=O)C3CC3)C[C@@H]2C)c1. The minimum atomic E-state index is -3.62. The Morgan fingerprint density at radius 2 is 1.82 bits per heavy atom. The summed E-state index contributed by atoms with van der Waals surface area (Å²) in [5.74, 6) is 0.319. The monoisotopic (exact) mass is 467 g/mol. The number of fused-ring (bicyclic) bond motifs is 1. The van der Waals surface area contributed by atoms with Gasteiger partial charge in [0, 0.05) is 54.9 Å². The molecule has 2 aromatic carbocycles. The fraction of sp³-hybridized carbons (Fsp3) is 0.500. The van der Waals surface area contributed by atoms with E-state index in [0.717, 1.165) is 29.8 Å². The van der Waals surface area contributed by atoms with Crippen LogP contribution >= 0.6 is 0 Å². The standard InChI is InChI=1S/C26H33N3O3S/c1-18-6-5-7-21(14-18)28-13-12-27(16-19(28)2)33(31,32)22-10-11-24-23(15-22)26(3,4)17-29(24)25(30)20-8-9-20/h5-7,10-11,14-15,19-20H,8-9,12-13,16-17H2,1-4H3/t19-/m0/s1. The molecule has 0 unspecified atom stereocenters. The molecule has 0 radical (unpaired) electrons. The molecule has 0 N–H and O–H groups in total. The van der Waals surface area contributed by atoms with Crippen molar-refractivity contribution in [2.75, 3.05) is 36.0 Å². The Morgan fingerprint density at radius 3 is 2.48 bits per heavy atom. The van der Waals surface area contributed by atoms with Crippen LogP contribution in [0.15, 0.2) is 47.4 Å². The zero-order chi connectivity index (χ0) is 23.5. The summed E-state index contributed by atoms with van der Waals surface area (Å²) in [5.41, 5.74) is 3.88. The van der Waals surface area contributed by atoms with Gasteiger partial charge in [-0.25, -0.2) is 8.42 Å². The van der Waals surface area contributed by atoms with E-state index in [9.17, 15) is 13.2 Å². The zero-order valence-corrected chi connectivity index (χ0v) is 20.7. The lowest BCUT2D eigenvalue weighted by Gasteiger charge is -2.40. The lowest BCUT2D eigenvalue weighted by atomic mass is 9.87. The summed E-state index contributed by atoms with van der Waals surface area (Å²) >= 11 is 0. The molecule has 1 aliphatic carbocycles. The lowest BCUT2D eigenvalue weighted by molar-refractivity contribution is -0.119. The van der Waals surface area contributed by atoms with E-state index in [1.165, 1.54) is 5.56 Å². The fourth-order valence-electron chi connectivity index (χ4n) is 5.25. The van der Waals surface area contributed by atoms with Gasteiger partial charge < -0.3 is 9.80 Å². The number of carbonyl (C=O) groups excluding carboxylic acids is 1. The van der Waals surface area contributed by atoms with E-state index in [2.05, 4.69) is 50.8 Å². The van der Waals surface area contributed by atoms with Crippen molar-refractivity contribution in [1.82, 2.24) is 4.31 Å². The molecule has 0 aromatic heterocycles. The average Bonchev–Trinajstić information content (AvgIpc) is 3.58. The molecule has 2 heterocycles. The van der Waals surface area contributed by atoms with Crippen LogP contribution in [0.3, 0.4) is 0 Å². The van der Waals surface area contributed by atoms with Gasteiger partial charge in [0.15, 0.2) is 0 Å². The van der Waals surface area contributed by atoms with Crippen LogP contribution in [0.25, 0.3) is 0 Å². The number of piperazine rings is 1. The molecule has 3 aliphatic rings. The molecule has 0 bridgehead atoms. The predicted molar refractivity (Wildman–Crippen MR) is 131 cm³/mol. The normalized spacial score (nSPS) is 23.0. The molecule has 0 spiro atoms. The Balaban J connectivity index is 1.39. The lowest BCUT2D eigenvalue weighted by Crippen LogP contribution is -2.53. The van der Waals surface area contributed by atoms with Crippen molar-refractivity contribution in [3.05, 3.63) is 53.6 Å². The first-order valence-electron chi connectivity index (χ1n) is 11.9. The van der Waals surface area contributed by atoms with E-state index in [1.54, 1.807) is 10.4 Å². The van der Waals surface area contributed by atoms with Crippen molar-refractivity contribution in [3.8, 4) is 0 Å². The summed E-state index contributed by atoms with van der Waals surface area (Å²) in [4.78, 5) is 17.3. The minimum absolute atomic E-state index is 0.0767. The van der Waals surface area contributed by atoms with Gasteiger partial charge in [0.1, 0.15) is 0 Å². The minimum Gasteiger partial charge on any atom is -0.366 e. The molecule has 1 saturated carbocycles. The number of carbonyl (C=O) groups is 1. The van der Waals surface area contributed by atoms with E-state index in [1.807, 2.05) is 23.1 Å². The van der Waals surface area contributed by atoms with Gasteiger partial charge in [0.2, 0.25) is 15.9 Å². The number of rotatable bonds is 4. The molecule has 176 valence electrons. The summed E-state index contributed by atoms with van der Waals surface area (Å²) < 4.78 is 28.8. The van der Waals surface area contributed by atoms with Crippen molar-refractivity contribution in [1.29, 1.82) is 0 Å². The second-order valence-electron chi connectivity index (χ2n) is 10.5. The summed E-state index contributed by atoms with van der Waals surface area (Å²) in [6.45, 7) is 10.5. The van der Waals surface area contributed by atoms with E-state index < -0.39 is 10.0 Å². The van der Waals surface area contributed by atoms with Crippen LogP contribution in [0.2, 0.25) is 0 Å². The number of anilines is 2. The first-order valence-corrected chi connectivity index (χ1v) is 13.3. The molecule has 2 fully saturated rings. The smallest absolute Gasteiger partial charge is 0.243 e. The number of aryl methyl sites for hydroxylation is 1. The molecular weight excluding hydrogens is 434 g/mol. The number of hydrogen-bond donors (Lipinski definition) is 0. The number of hydrogen-bond acceptors (Lipinski definition) is 4. The first-order chi connectivity index (χ1) is 15.6. The summed E-state index contributed by atoms with van der Waals surface area (Å²) in [7, 11) is -3.62. The largest absolute Gasteiger partial charge is 0.366 e. The van der Waals surface area contributed by atoms with Crippen molar-refractivity contribution in [2.24, 2.45) is 5.92 Å². The third kappa shape index (κ3) is 3.95. The van der Waals surface area contributed by atoms with Crippen LogP contribution in [0.5, 0.6) is 0 Å². The molecule has 1 saturated heterocycles. The molecule has 33 heavy (non-hydrogen) atoms. The predicted octanol–water partition coefficient (Wildman–Crippen LogP) is 3.93. The Kier molecular flexibility index (Phi) is 5.33. The Bertz CT molecular complexity index is 1200. The van der Waals surface area contributed by atoms with Gasteiger partial charge in [-0.05, 0) is 68.1 Å². The van der Waals surface area contributed by atoms with E-state index in [4.69, 9.17) is 0 Å². The van der Waals surface area contributed by atoms with Crippen molar-refractivity contribution >= 4 is 27.3 Å². The maximum atomic E-state index is 13.6. The summed E-state index contributed by atoms with van der Waals surface area (Å²) in [5, 5.41) is 0. The van der Waals surface area contributed by atoms with Crippen LogP contribution in [-0.4, -0.2) is 50.9 Å². The van der Waals surface area contributed by atoms with Gasteiger partial charge in [-0.15, -0.1) is 0 Å². The second-order valence-corrected chi connectivity index (χ2v) is 12.4. The molecular formula is C26H33N3O3S. The van der Waals surface area contributed by atoms with E-state index in [-0.39, 0.29) is 23.3 Å². The summed E-state index contributed by atoms with van der Waals surface area (Å²) in [6, 6.07) is 13.8.